The SMILES string of the molecule is NC(=O)CCCNc1ccnc(N)n1. The summed E-state index contributed by atoms with van der Waals surface area (Å²) >= 11 is 0. The van der Waals surface area contributed by atoms with Crippen LogP contribution in [-0.4, -0.2) is 22.4 Å². The van der Waals surface area contributed by atoms with Crippen molar-refractivity contribution < 1.29 is 4.79 Å². The highest BCUT2D eigenvalue weighted by Crippen LogP contribution is 2.02. The van der Waals surface area contributed by atoms with Crippen LogP contribution in [0.2, 0.25) is 0 Å². The van der Waals surface area contributed by atoms with E-state index in [4.69, 9.17) is 11.5 Å². The number of carbonyl (C=O) groups is 1. The van der Waals surface area contributed by atoms with Crippen LogP contribution in [0.3, 0.4) is 0 Å². The number of nitrogens with one attached hydrogen (secondary N) is 1. The van der Waals surface area contributed by atoms with Gasteiger partial charge in [0.05, 0.1) is 0 Å². The van der Waals surface area contributed by atoms with Gasteiger partial charge in [0.2, 0.25) is 11.9 Å². The number of anilines is 2. The van der Waals surface area contributed by atoms with Crippen LogP contribution < -0.4 is 16.8 Å². The van der Waals surface area contributed by atoms with E-state index >= 15 is 0 Å². The van der Waals surface area contributed by atoms with E-state index in [2.05, 4.69) is 15.3 Å². The van der Waals surface area contributed by atoms with Gasteiger partial charge in [0.25, 0.3) is 0 Å². The molecule has 0 aliphatic carbocycles. The van der Waals surface area contributed by atoms with Crippen molar-refractivity contribution in [1.29, 1.82) is 0 Å². The van der Waals surface area contributed by atoms with E-state index in [1.165, 1.54) is 0 Å². The van der Waals surface area contributed by atoms with E-state index in [0.29, 0.717) is 25.2 Å². The van der Waals surface area contributed by atoms with Crippen LogP contribution in [0, 0.1) is 0 Å². The number of carbonyl (C=O) groups excluding carboxylic acids is 1. The van der Waals surface area contributed by atoms with Gasteiger partial charge in [0.1, 0.15) is 5.82 Å². The Bertz CT molecular complexity index is 314. The Balaban J connectivity index is 2.28. The van der Waals surface area contributed by atoms with Gasteiger partial charge in [-0.05, 0) is 12.5 Å². The minimum absolute atomic E-state index is 0.227. The zero-order chi connectivity index (χ0) is 10.4. The third-order valence-corrected chi connectivity index (χ3v) is 1.58. The van der Waals surface area contributed by atoms with E-state index < -0.39 is 0 Å². The van der Waals surface area contributed by atoms with Gasteiger partial charge in [0.15, 0.2) is 0 Å². The molecule has 0 aliphatic rings. The molecular weight excluding hydrogens is 182 g/mol. The fourth-order valence-electron chi connectivity index (χ4n) is 0.951. The summed E-state index contributed by atoms with van der Waals surface area (Å²) in [6.07, 6.45) is 2.62. The molecule has 1 aromatic heterocycles. The molecule has 0 fully saturated rings. The summed E-state index contributed by atoms with van der Waals surface area (Å²) in [5, 5.41) is 3.00. The maximum atomic E-state index is 10.4. The first kappa shape index (κ1) is 10.2. The molecule has 1 rings (SSSR count). The molecule has 14 heavy (non-hydrogen) atoms. The lowest BCUT2D eigenvalue weighted by Crippen LogP contribution is -2.13. The van der Waals surface area contributed by atoms with Crippen molar-refractivity contribution in [3.8, 4) is 0 Å². The van der Waals surface area contributed by atoms with Crippen molar-refractivity contribution in [3.05, 3.63) is 12.3 Å². The van der Waals surface area contributed by atoms with Crippen molar-refractivity contribution in [3.63, 3.8) is 0 Å². The van der Waals surface area contributed by atoms with Gasteiger partial charge in [-0.2, -0.15) is 4.98 Å². The summed E-state index contributed by atoms with van der Waals surface area (Å²) in [7, 11) is 0. The average Bonchev–Trinajstić information content (AvgIpc) is 2.12. The maximum absolute atomic E-state index is 10.4. The molecule has 0 bridgehead atoms. The second-order valence-electron chi connectivity index (χ2n) is 2.80. The molecule has 6 nitrogen and oxygen atoms in total. The third-order valence-electron chi connectivity index (χ3n) is 1.58. The molecule has 0 aromatic carbocycles. The molecule has 0 atom stereocenters. The van der Waals surface area contributed by atoms with Gasteiger partial charge < -0.3 is 16.8 Å². The largest absolute Gasteiger partial charge is 0.370 e. The second kappa shape index (κ2) is 5.00. The quantitative estimate of drug-likeness (QED) is 0.561. The van der Waals surface area contributed by atoms with Crippen LogP contribution in [-0.2, 0) is 4.79 Å². The first-order valence-electron chi connectivity index (χ1n) is 4.29. The number of nitrogen functional groups attached to an aromatic ring is 1. The van der Waals surface area contributed by atoms with Crippen LogP contribution in [0.5, 0.6) is 0 Å². The van der Waals surface area contributed by atoms with Crippen LogP contribution in [0.4, 0.5) is 11.8 Å². The highest BCUT2D eigenvalue weighted by molar-refractivity contribution is 5.73. The lowest BCUT2D eigenvalue weighted by atomic mass is 10.3. The summed E-state index contributed by atoms with van der Waals surface area (Å²) in [4.78, 5) is 18.1. The molecule has 0 spiro atoms. The first-order chi connectivity index (χ1) is 6.68. The lowest BCUT2D eigenvalue weighted by Gasteiger charge is -2.03. The summed E-state index contributed by atoms with van der Waals surface area (Å²) < 4.78 is 0. The Labute approximate surface area is 81.7 Å². The van der Waals surface area contributed by atoms with Crippen molar-refractivity contribution in [2.45, 2.75) is 12.8 Å². The van der Waals surface area contributed by atoms with Crippen LogP contribution in [0.25, 0.3) is 0 Å². The van der Waals surface area contributed by atoms with E-state index in [9.17, 15) is 4.79 Å². The number of primary amides is 1. The predicted octanol–water partition coefficient (Wildman–Crippen LogP) is -0.264. The minimum atomic E-state index is -0.297. The molecule has 0 saturated heterocycles. The zero-order valence-corrected chi connectivity index (χ0v) is 7.73. The Morgan fingerprint density at radius 2 is 2.36 bits per heavy atom. The molecule has 1 aromatic rings. The van der Waals surface area contributed by atoms with Gasteiger partial charge in [-0.25, -0.2) is 4.98 Å². The lowest BCUT2D eigenvalue weighted by molar-refractivity contribution is -0.118. The minimum Gasteiger partial charge on any atom is -0.370 e. The Morgan fingerprint density at radius 1 is 1.57 bits per heavy atom. The van der Waals surface area contributed by atoms with Crippen molar-refractivity contribution in [2.24, 2.45) is 5.73 Å². The molecule has 76 valence electrons. The average molecular weight is 195 g/mol. The highest BCUT2D eigenvalue weighted by Gasteiger charge is 1.96. The molecule has 0 radical (unpaired) electrons. The maximum Gasteiger partial charge on any atom is 0.221 e. The number of nitrogens with zero attached hydrogens (tertiary/aromatic N) is 2. The number of hydrogen-bond donors (Lipinski definition) is 3. The van der Waals surface area contributed by atoms with Gasteiger partial charge in [-0.3, -0.25) is 4.79 Å². The molecule has 0 saturated carbocycles. The standard InChI is InChI=1S/C8H13N5O/c9-6(14)2-1-4-11-7-3-5-12-8(10)13-7/h3,5H,1-2,4H2,(H2,9,14)(H3,10,11,12,13). The van der Waals surface area contributed by atoms with Crippen molar-refractivity contribution in [2.75, 3.05) is 17.6 Å². The van der Waals surface area contributed by atoms with E-state index in [1.54, 1.807) is 12.3 Å². The highest BCUT2D eigenvalue weighted by atomic mass is 16.1. The normalized spacial score (nSPS) is 9.71. The van der Waals surface area contributed by atoms with Gasteiger partial charge in [0, 0.05) is 19.2 Å². The van der Waals surface area contributed by atoms with Crippen LogP contribution >= 0.6 is 0 Å². The Kier molecular flexibility index (Phi) is 3.66. The smallest absolute Gasteiger partial charge is 0.221 e. The fourth-order valence-corrected chi connectivity index (χ4v) is 0.951. The Hall–Kier alpha value is -1.85. The van der Waals surface area contributed by atoms with Crippen molar-refractivity contribution >= 4 is 17.7 Å². The monoisotopic (exact) mass is 195 g/mol. The van der Waals surface area contributed by atoms with E-state index in [-0.39, 0.29) is 11.9 Å². The topological polar surface area (TPSA) is 107 Å². The van der Waals surface area contributed by atoms with Crippen LogP contribution in [0.15, 0.2) is 12.3 Å². The van der Waals surface area contributed by atoms with E-state index in [0.717, 1.165) is 0 Å². The number of nitrogens with two attached hydrogens (primary N) is 2. The summed E-state index contributed by atoms with van der Waals surface area (Å²) in [5.41, 5.74) is 10.4. The van der Waals surface area contributed by atoms with Gasteiger partial charge >= 0.3 is 0 Å². The summed E-state index contributed by atoms with van der Waals surface area (Å²) in [5.74, 6) is 0.584. The molecule has 1 amide bonds. The Morgan fingerprint density at radius 3 is 3.00 bits per heavy atom. The number of amides is 1. The summed E-state index contributed by atoms with van der Waals surface area (Å²) in [6.45, 7) is 0.638. The predicted molar refractivity (Wildman–Crippen MR) is 53.4 cm³/mol. The molecule has 1 heterocycles. The second-order valence-corrected chi connectivity index (χ2v) is 2.80. The number of hydrogen-bond acceptors (Lipinski definition) is 5. The van der Waals surface area contributed by atoms with E-state index in [1.807, 2.05) is 0 Å². The van der Waals surface area contributed by atoms with Crippen molar-refractivity contribution in [1.82, 2.24) is 9.97 Å². The van der Waals surface area contributed by atoms with Gasteiger partial charge in [-0.1, -0.05) is 0 Å². The first-order valence-corrected chi connectivity index (χ1v) is 4.29. The fraction of sp³-hybridized carbons (Fsp3) is 0.375. The molecule has 5 N–H and O–H groups in total. The molecular formula is C8H13N5O. The van der Waals surface area contributed by atoms with Gasteiger partial charge in [-0.15, -0.1) is 0 Å². The summed E-state index contributed by atoms with van der Waals surface area (Å²) in [6, 6.07) is 1.71. The van der Waals surface area contributed by atoms with Crippen LogP contribution in [0.1, 0.15) is 12.8 Å². The molecule has 0 aliphatic heterocycles. The number of aromatic nitrogens is 2. The molecule has 6 heteroatoms. The molecule has 0 unspecified atom stereocenters. The zero-order valence-electron chi connectivity index (χ0n) is 7.73. The third kappa shape index (κ3) is 3.70. The number of rotatable bonds is 5.